The summed E-state index contributed by atoms with van der Waals surface area (Å²) < 4.78 is 0. The monoisotopic (exact) mass is 297 g/mol. The first kappa shape index (κ1) is 14.9. The minimum atomic E-state index is 0.593. The van der Waals surface area contributed by atoms with Crippen LogP contribution in [0.1, 0.15) is 35.8 Å². The van der Waals surface area contributed by atoms with Crippen LogP contribution in [0.25, 0.3) is 0 Å². The summed E-state index contributed by atoms with van der Waals surface area (Å²) in [5.41, 5.74) is 2.40. The van der Waals surface area contributed by atoms with Crippen molar-refractivity contribution in [1.82, 2.24) is 19.9 Å². The van der Waals surface area contributed by atoms with Crippen molar-refractivity contribution in [3.05, 3.63) is 47.7 Å². The number of aryl methyl sites for hydroxylation is 1. The van der Waals surface area contributed by atoms with Gasteiger partial charge in [0.05, 0.1) is 0 Å². The van der Waals surface area contributed by atoms with E-state index in [0.29, 0.717) is 5.92 Å². The van der Waals surface area contributed by atoms with E-state index >= 15 is 0 Å². The van der Waals surface area contributed by atoms with Gasteiger partial charge < -0.3 is 5.32 Å². The van der Waals surface area contributed by atoms with Gasteiger partial charge in [-0.25, -0.2) is 9.97 Å². The van der Waals surface area contributed by atoms with E-state index in [2.05, 4.69) is 37.3 Å². The average molecular weight is 297 g/mol. The van der Waals surface area contributed by atoms with Gasteiger partial charge in [-0.15, -0.1) is 0 Å². The SMILES string of the molecule is CNc1nc(C)ncc1CN1CCC(c2ccccn2)CC1. The van der Waals surface area contributed by atoms with Crippen LogP contribution in [-0.4, -0.2) is 40.0 Å². The molecule has 2 aromatic rings. The van der Waals surface area contributed by atoms with Crippen molar-refractivity contribution in [2.24, 2.45) is 0 Å². The summed E-state index contributed by atoms with van der Waals surface area (Å²) >= 11 is 0. The molecule has 0 radical (unpaired) electrons. The molecule has 1 N–H and O–H groups in total. The predicted molar refractivity (Wildman–Crippen MR) is 87.8 cm³/mol. The Kier molecular flexibility index (Phi) is 4.63. The topological polar surface area (TPSA) is 53.9 Å². The van der Waals surface area contributed by atoms with E-state index < -0.39 is 0 Å². The number of aromatic nitrogens is 3. The molecule has 0 aliphatic carbocycles. The summed E-state index contributed by atoms with van der Waals surface area (Å²) in [5, 5.41) is 3.17. The van der Waals surface area contributed by atoms with E-state index in [1.54, 1.807) is 0 Å². The number of anilines is 1. The fourth-order valence-electron chi connectivity index (χ4n) is 3.07. The summed E-state index contributed by atoms with van der Waals surface area (Å²) in [6.45, 7) is 5.02. The third kappa shape index (κ3) is 3.42. The minimum Gasteiger partial charge on any atom is -0.373 e. The van der Waals surface area contributed by atoms with Gasteiger partial charge in [-0.1, -0.05) is 6.07 Å². The van der Waals surface area contributed by atoms with Crippen molar-refractivity contribution in [2.75, 3.05) is 25.5 Å². The Hall–Kier alpha value is -2.01. The second kappa shape index (κ2) is 6.83. The van der Waals surface area contributed by atoms with Crippen LogP contribution in [0.4, 0.5) is 5.82 Å². The number of hydrogen-bond acceptors (Lipinski definition) is 5. The molecule has 0 amide bonds. The molecule has 3 rings (SSSR count). The molecule has 116 valence electrons. The highest BCUT2D eigenvalue weighted by Gasteiger charge is 2.22. The van der Waals surface area contributed by atoms with Gasteiger partial charge >= 0.3 is 0 Å². The maximum absolute atomic E-state index is 4.50. The van der Waals surface area contributed by atoms with Crippen LogP contribution in [0, 0.1) is 6.92 Å². The van der Waals surface area contributed by atoms with Gasteiger partial charge in [-0.3, -0.25) is 9.88 Å². The highest BCUT2D eigenvalue weighted by molar-refractivity contribution is 5.42. The van der Waals surface area contributed by atoms with E-state index in [1.807, 2.05) is 32.4 Å². The number of nitrogens with one attached hydrogen (secondary N) is 1. The lowest BCUT2D eigenvalue weighted by Crippen LogP contribution is -2.33. The molecule has 5 nitrogen and oxygen atoms in total. The van der Waals surface area contributed by atoms with E-state index in [4.69, 9.17) is 0 Å². The molecule has 0 unspecified atom stereocenters. The van der Waals surface area contributed by atoms with Crippen molar-refractivity contribution in [3.8, 4) is 0 Å². The zero-order chi connectivity index (χ0) is 15.4. The molecule has 0 saturated carbocycles. The van der Waals surface area contributed by atoms with Crippen LogP contribution in [0.2, 0.25) is 0 Å². The molecule has 0 spiro atoms. The van der Waals surface area contributed by atoms with Gasteiger partial charge in [-0.2, -0.15) is 0 Å². The molecule has 5 heteroatoms. The normalized spacial score (nSPS) is 16.6. The van der Waals surface area contributed by atoms with Crippen LogP contribution in [0.5, 0.6) is 0 Å². The lowest BCUT2D eigenvalue weighted by molar-refractivity contribution is 0.203. The Morgan fingerprint density at radius 1 is 1.23 bits per heavy atom. The Morgan fingerprint density at radius 2 is 2.05 bits per heavy atom. The zero-order valence-electron chi connectivity index (χ0n) is 13.3. The van der Waals surface area contributed by atoms with Crippen LogP contribution in [0.15, 0.2) is 30.6 Å². The van der Waals surface area contributed by atoms with Crippen LogP contribution < -0.4 is 5.32 Å². The van der Waals surface area contributed by atoms with Crippen molar-refractivity contribution >= 4 is 5.82 Å². The van der Waals surface area contributed by atoms with Crippen molar-refractivity contribution in [2.45, 2.75) is 32.2 Å². The maximum Gasteiger partial charge on any atom is 0.133 e. The third-order valence-corrected chi connectivity index (χ3v) is 4.31. The van der Waals surface area contributed by atoms with Gasteiger partial charge in [0, 0.05) is 43.2 Å². The fraction of sp³-hybridized carbons (Fsp3) is 0.471. The molecule has 0 aromatic carbocycles. The van der Waals surface area contributed by atoms with Gasteiger partial charge in [0.2, 0.25) is 0 Å². The number of piperidine rings is 1. The molecular formula is C17H23N5. The quantitative estimate of drug-likeness (QED) is 0.940. The van der Waals surface area contributed by atoms with Gasteiger partial charge in [0.25, 0.3) is 0 Å². The first-order valence-electron chi connectivity index (χ1n) is 7.90. The molecule has 1 aliphatic heterocycles. The van der Waals surface area contributed by atoms with Crippen molar-refractivity contribution in [1.29, 1.82) is 0 Å². The van der Waals surface area contributed by atoms with Crippen LogP contribution >= 0.6 is 0 Å². The Labute approximate surface area is 131 Å². The van der Waals surface area contributed by atoms with E-state index in [9.17, 15) is 0 Å². The number of likely N-dealkylation sites (tertiary alicyclic amines) is 1. The predicted octanol–water partition coefficient (Wildman–Crippen LogP) is 2.60. The van der Waals surface area contributed by atoms with Crippen molar-refractivity contribution < 1.29 is 0 Å². The molecule has 3 heterocycles. The molecule has 1 aliphatic rings. The summed E-state index contributed by atoms with van der Waals surface area (Å²) in [7, 11) is 1.92. The lowest BCUT2D eigenvalue weighted by Gasteiger charge is -2.31. The molecule has 1 fully saturated rings. The lowest BCUT2D eigenvalue weighted by atomic mass is 9.93. The highest BCUT2D eigenvalue weighted by Crippen LogP contribution is 2.27. The Morgan fingerprint density at radius 3 is 2.73 bits per heavy atom. The summed E-state index contributed by atoms with van der Waals surface area (Å²) in [4.78, 5) is 15.8. The Balaban J connectivity index is 1.60. The largest absolute Gasteiger partial charge is 0.373 e. The van der Waals surface area contributed by atoms with Gasteiger partial charge in [0.15, 0.2) is 0 Å². The number of pyridine rings is 1. The standard InChI is InChI=1S/C17H23N5/c1-13-20-11-15(17(18-2)21-13)12-22-9-6-14(7-10-22)16-5-3-4-8-19-16/h3-5,8,11,14H,6-7,9-10,12H2,1-2H3,(H,18,20,21). The van der Waals surface area contributed by atoms with Gasteiger partial charge in [-0.05, 0) is 45.0 Å². The fourth-order valence-corrected chi connectivity index (χ4v) is 3.07. The van der Waals surface area contributed by atoms with E-state index in [0.717, 1.165) is 31.3 Å². The summed E-state index contributed by atoms with van der Waals surface area (Å²) in [6, 6.07) is 6.21. The number of nitrogens with zero attached hydrogens (tertiary/aromatic N) is 4. The second-order valence-electron chi connectivity index (χ2n) is 5.85. The zero-order valence-corrected chi connectivity index (χ0v) is 13.3. The summed E-state index contributed by atoms with van der Waals surface area (Å²) in [6.07, 6.45) is 6.17. The molecule has 22 heavy (non-hydrogen) atoms. The highest BCUT2D eigenvalue weighted by atomic mass is 15.1. The average Bonchev–Trinajstić information content (AvgIpc) is 2.58. The first-order valence-corrected chi connectivity index (χ1v) is 7.90. The van der Waals surface area contributed by atoms with E-state index in [1.165, 1.54) is 24.1 Å². The molecular weight excluding hydrogens is 274 g/mol. The van der Waals surface area contributed by atoms with Crippen molar-refractivity contribution in [3.63, 3.8) is 0 Å². The second-order valence-corrected chi connectivity index (χ2v) is 5.85. The van der Waals surface area contributed by atoms with Crippen LogP contribution in [0.3, 0.4) is 0 Å². The minimum absolute atomic E-state index is 0.593. The molecule has 2 aromatic heterocycles. The van der Waals surface area contributed by atoms with Crippen LogP contribution in [-0.2, 0) is 6.54 Å². The van der Waals surface area contributed by atoms with E-state index in [-0.39, 0.29) is 0 Å². The molecule has 1 saturated heterocycles. The van der Waals surface area contributed by atoms with Gasteiger partial charge in [0.1, 0.15) is 11.6 Å². The number of hydrogen-bond donors (Lipinski definition) is 1. The number of rotatable bonds is 4. The Bertz CT molecular complexity index is 606. The maximum atomic E-state index is 4.50. The summed E-state index contributed by atoms with van der Waals surface area (Å²) in [5.74, 6) is 2.34. The molecule has 0 bridgehead atoms. The smallest absolute Gasteiger partial charge is 0.133 e. The first-order chi connectivity index (χ1) is 10.8. The third-order valence-electron chi connectivity index (χ3n) is 4.31. The molecule has 0 atom stereocenters.